The van der Waals surface area contributed by atoms with Gasteiger partial charge >= 0.3 is 6.03 Å². The number of ether oxygens (including phenoxy) is 4. The van der Waals surface area contributed by atoms with Gasteiger partial charge in [0.1, 0.15) is 18.1 Å². The Morgan fingerprint density at radius 3 is 2.48 bits per heavy atom. The van der Waals surface area contributed by atoms with E-state index in [4.69, 9.17) is 18.9 Å². The zero-order valence-electron chi connectivity index (χ0n) is 16.4. The first kappa shape index (κ1) is 19.2. The molecule has 8 nitrogen and oxygen atoms in total. The second kappa shape index (κ2) is 8.91. The zero-order chi connectivity index (χ0) is 20.1. The summed E-state index contributed by atoms with van der Waals surface area (Å²) >= 11 is 0. The molecule has 0 unspecified atom stereocenters. The van der Waals surface area contributed by atoms with Crippen molar-refractivity contribution in [3.63, 3.8) is 0 Å². The summed E-state index contributed by atoms with van der Waals surface area (Å²) in [5.41, 5.74) is 0.703. The van der Waals surface area contributed by atoms with E-state index in [1.165, 1.54) is 0 Å². The number of carbonyl (C=O) groups excluding carboxylic acids is 1. The highest BCUT2D eigenvalue weighted by Crippen LogP contribution is 2.34. The van der Waals surface area contributed by atoms with Gasteiger partial charge in [-0.05, 0) is 36.4 Å². The van der Waals surface area contributed by atoms with Crippen LogP contribution in [0.3, 0.4) is 0 Å². The van der Waals surface area contributed by atoms with Crippen LogP contribution in [-0.4, -0.2) is 69.1 Å². The standard InChI is InChI=1S/C21H25N3O5/c1-26-17-3-5-18(6-4-17)27-13-12-23-8-10-24(11-9-23)21(25)22-16-2-7-19-20(14-16)29-15-28-19/h2-7,14H,8-13,15H2,1H3,(H,22,25). The minimum Gasteiger partial charge on any atom is -0.497 e. The van der Waals surface area contributed by atoms with Gasteiger partial charge in [-0.1, -0.05) is 0 Å². The smallest absolute Gasteiger partial charge is 0.321 e. The molecule has 0 aliphatic carbocycles. The lowest BCUT2D eigenvalue weighted by molar-refractivity contribution is 0.132. The summed E-state index contributed by atoms with van der Waals surface area (Å²) < 4.78 is 21.6. The van der Waals surface area contributed by atoms with Crippen LogP contribution >= 0.6 is 0 Å². The third-order valence-electron chi connectivity index (χ3n) is 5.02. The van der Waals surface area contributed by atoms with Crippen LogP contribution in [0.1, 0.15) is 0 Å². The highest BCUT2D eigenvalue weighted by molar-refractivity contribution is 5.89. The van der Waals surface area contributed by atoms with Gasteiger partial charge in [-0.15, -0.1) is 0 Å². The molecule has 0 spiro atoms. The molecule has 0 bridgehead atoms. The predicted octanol–water partition coefficient (Wildman–Crippen LogP) is 2.65. The summed E-state index contributed by atoms with van der Waals surface area (Å²) in [6, 6.07) is 12.9. The number of piperazine rings is 1. The van der Waals surface area contributed by atoms with E-state index in [0.717, 1.165) is 31.1 Å². The van der Waals surface area contributed by atoms with E-state index in [1.807, 2.05) is 35.2 Å². The fourth-order valence-electron chi connectivity index (χ4n) is 3.32. The van der Waals surface area contributed by atoms with E-state index in [0.29, 0.717) is 36.9 Å². The molecule has 1 N–H and O–H groups in total. The van der Waals surface area contributed by atoms with Crippen LogP contribution in [0.25, 0.3) is 0 Å². The van der Waals surface area contributed by atoms with Gasteiger partial charge in [-0.2, -0.15) is 0 Å². The van der Waals surface area contributed by atoms with Crippen LogP contribution in [0.4, 0.5) is 10.5 Å². The molecule has 2 aromatic carbocycles. The number of nitrogens with one attached hydrogen (secondary N) is 1. The number of hydrogen-bond donors (Lipinski definition) is 1. The normalized spacial score (nSPS) is 15.8. The van der Waals surface area contributed by atoms with Gasteiger partial charge in [0.25, 0.3) is 0 Å². The second-order valence-electron chi connectivity index (χ2n) is 6.85. The molecule has 2 aromatic rings. The molecule has 0 aromatic heterocycles. The molecule has 29 heavy (non-hydrogen) atoms. The molecular weight excluding hydrogens is 374 g/mol. The lowest BCUT2D eigenvalue weighted by Crippen LogP contribution is -2.50. The fourth-order valence-corrected chi connectivity index (χ4v) is 3.32. The first-order chi connectivity index (χ1) is 14.2. The maximum atomic E-state index is 12.5. The highest BCUT2D eigenvalue weighted by Gasteiger charge is 2.22. The van der Waals surface area contributed by atoms with Crippen molar-refractivity contribution in [2.75, 3.05) is 58.6 Å². The van der Waals surface area contributed by atoms with Crippen molar-refractivity contribution < 1.29 is 23.7 Å². The van der Waals surface area contributed by atoms with Crippen molar-refractivity contribution in [1.82, 2.24) is 9.80 Å². The van der Waals surface area contributed by atoms with Gasteiger partial charge in [-0.25, -0.2) is 4.79 Å². The Labute approximate surface area is 169 Å². The minimum absolute atomic E-state index is 0.0991. The largest absolute Gasteiger partial charge is 0.497 e. The summed E-state index contributed by atoms with van der Waals surface area (Å²) in [6.45, 7) is 4.65. The van der Waals surface area contributed by atoms with Gasteiger partial charge in [0.05, 0.1) is 7.11 Å². The van der Waals surface area contributed by atoms with Crippen LogP contribution in [-0.2, 0) is 0 Å². The summed E-state index contributed by atoms with van der Waals surface area (Å²) in [6.07, 6.45) is 0. The SMILES string of the molecule is COc1ccc(OCCN2CCN(C(=O)Nc3ccc4c(c3)OCO4)CC2)cc1. The van der Waals surface area contributed by atoms with Crippen molar-refractivity contribution in [2.24, 2.45) is 0 Å². The second-order valence-corrected chi connectivity index (χ2v) is 6.85. The Bertz CT molecular complexity index is 835. The third-order valence-corrected chi connectivity index (χ3v) is 5.02. The summed E-state index contributed by atoms with van der Waals surface area (Å²) in [4.78, 5) is 16.6. The number of nitrogens with zero attached hydrogens (tertiary/aromatic N) is 2. The average molecular weight is 399 g/mol. The average Bonchev–Trinajstić information content (AvgIpc) is 3.22. The number of amides is 2. The number of anilines is 1. The Balaban J connectivity index is 1.18. The van der Waals surface area contributed by atoms with E-state index >= 15 is 0 Å². The molecule has 0 saturated carbocycles. The monoisotopic (exact) mass is 399 g/mol. The predicted molar refractivity (Wildman–Crippen MR) is 108 cm³/mol. The van der Waals surface area contributed by atoms with Gasteiger partial charge in [0.15, 0.2) is 11.5 Å². The topological polar surface area (TPSA) is 72.5 Å². The van der Waals surface area contributed by atoms with Crippen LogP contribution in [0, 0.1) is 0 Å². The zero-order valence-corrected chi connectivity index (χ0v) is 16.4. The Morgan fingerprint density at radius 1 is 1.00 bits per heavy atom. The minimum atomic E-state index is -0.0991. The van der Waals surface area contributed by atoms with Crippen LogP contribution in [0.5, 0.6) is 23.0 Å². The summed E-state index contributed by atoms with van der Waals surface area (Å²) in [7, 11) is 1.64. The highest BCUT2D eigenvalue weighted by atomic mass is 16.7. The molecule has 2 aliphatic rings. The maximum absolute atomic E-state index is 12.5. The number of benzene rings is 2. The Morgan fingerprint density at radius 2 is 1.72 bits per heavy atom. The number of urea groups is 1. The molecule has 2 heterocycles. The van der Waals surface area contributed by atoms with Gasteiger partial charge < -0.3 is 29.2 Å². The number of methoxy groups -OCH3 is 1. The van der Waals surface area contributed by atoms with E-state index in [9.17, 15) is 4.79 Å². The quantitative estimate of drug-likeness (QED) is 0.805. The first-order valence-corrected chi connectivity index (χ1v) is 9.66. The molecule has 1 saturated heterocycles. The number of hydrogen-bond acceptors (Lipinski definition) is 6. The lowest BCUT2D eigenvalue weighted by atomic mass is 10.2. The molecule has 2 aliphatic heterocycles. The fraction of sp³-hybridized carbons (Fsp3) is 0.381. The van der Waals surface area contributed by atoms with Crippen molar-refractivity contribution in [3.8, 4) is 23.0 Å². The molecule has 0 radical (unpaired) electrons. The summed E-state index contributed by atoms with van der Waals surface area (Å²) in [5.74, 6) is 3.00. The maximum Gasteiger partial charge on any atom is 0.321 e. The van der Waals surface area contributed by atoms with Gasteiger partial charge in [0, 0.05) is 44.5 Å². The number of rotatable bonds is 6. The molecule has 0 atom stereocenters. The number of carbonyl (C=O) groups is 1. The lowest BCUT2D eigenvalue weighted by Gasteiger charge is -2.34. The first-order valence-electron chi connectivity index (χ1n) is 9.66. The van der Waals surface area contributed by atoms with Crippen molar-refractivity contribution >= 4 is 11.7 Å². The van der Waals surface area contributed by atoms with Crippen LogP contribution in [0.15, 0.2) is 42.5 Å². The van der Waals surface area contributed by atoms with Crippen LogP contribution in [0.2, 0.25) is 0 Å². The van der Waals surface area contributed by atoms with E-state index in [1.54, 1.807) is 19.2 Å². The molecule has 2 amide bonds. The summed E-state index contributed by atoms with van der Waals surface area (Å²) in [5, 5.41) is 2.93. The van der Waals surface area contributed by atoms with Crippen molar-refractivity contribution in [1.29, 1.82) is 0 Å². The Kier molecular flexibility index (Phi) is 5.90. The van der Waals surface area contributed by atoms with Crippen LogP contribution < -0.4 is 24.3 Å². The third kappa shape index (κ3) is 4.83. The van der Waals surface area contributed by atoms with E-state index in [-0.39, 0.29) is 12.8 Å². The molecular formula is C21H25N3O5. The number of fused-ring (bicyclic) bond motifs is 1. The van der Waals surface area contributed by atoms with E-state index in [2.05, 4.69) is 10.2 Å². The van der Waals surface area contributed by atoms with Gasteiger partial charge in [0.2, 0.25) is 6.79 Å². The molecule has 4 rings (SSSR count). The Hall–Kier alpha value is -3.13. The molecule has 154 valence electrons. The van der Waals surface area contributed by atoms with E-state index < -0.39 is 0 Å². The van der Waals surface area contributed by atoms with Crippen molar-refractivity contribution in [3.05, 3.63) is 42.5 Å². The van der Waals surface area contributed by atoms with Crippen molar-refractivity contribution in [2.45, 2.75) is 0 Å². The molecule has 1 fully saturated rings. The van der Waals surface area contributed by atoms with Gasteiger partial charge in [-0.3, -0.25) is 4.90 Å². The molecule has 8 heteroatoms.